The van der Waals surface area contributed by atoms with Crippen LogP contribution in [0.2, 0.25) is 0 Å². The van der Waals surface area contributed by atoms with Gasteiger partial charge in [0.2, 0.25) is 10.0 Å². The third kappa shape index (κ3) is 4.60. The van der Waals surface area contributed by atoms with Crippen LogP contribution in [-0.4, -0.2) is 25.0 Å². The van der Waals surface area contributed by atoms with Crippen molar-refractivity contribution in [2.24, 2.45) is 11.7 Å². The molecule has 5 heteroatoms. The maximum atomic E-state index is 12.3. The van der Waals surface area contributed by atoms with E-state index >= 15 is 0 Å². The molecule has 0 bridgehead atoms. The molecule has 2 N–H and O–H groups in total. The zero-order chi connectivity index (χ0) is 14.5. The highest BCUT2D eigenvalue weighted by atomic mass is 32.2. The van der Waals surface area contributed by atoms with E-state index in [0.717, 1.165) is 11.1 Å². The van der Waals surface area contributed by atoms with Gasteiger partial charge in [0.25, 0.3) is 0 Å². The Balaban J connectivity index is 2.94. The summed E-state index contributed by atoms with van der Waals surface area (Å²) in [5.41, 5.74) is 7.68. The van der Waals surface area contributed by atoms with E-state index in [1.54, 1.807) is 0 Å². The first-order valence-corrected chi connectivity index (χ1v) is 8.26. The minimum absolute atomic E-state index is 0.129. The predicted octanol–water partition coefficient (Wildman–Crippen LogP) is 1.95. The summed E-state index contributed by atoms with van der Waals surface area (Å²) in [6.07, 6.45) is 0. The molecule has 19 heavy (non-hydrogen) atoms. The van der Waals surface area contributed by atoms with Crippen molar-refractivity contribution in [3.8, 4) is 0 Å². The van der Waals surface area contributed by atoms with Crippen molar-refractivity contribution >= 4 is 10.0 Å². The summed E-state index contributed by atoms with van der Waals surface area (Å²) >= 11 is 0. The normalized spacial score (nSPS) is 12.3. The molecular formula is C14H24N2O2S. The lowest BCUT2D eigenvalue weighted by Gasteiger charge is -2.22. The minimum Gasteiger partial charge on any atom is -0.326 e. The molecule has 1 aromatic rings. The smallest absolute Gasteiger partial charge is 0.214 e. The predicted molar refractivity (Wildman–Crippen MR) is 79.0 cm³/mol. The van der Waals surface area contributed by atoms with E-state index in [0.29, 0.717) is 19.6 Å². The molecule has 108 valence electrons. The number of sulfonamides is 1. The maximum Gasteiger partial charge on any atom is 0.214 e. The Morgan fingerprint density at radius 3 is 2.26 bits per heavy atom. The molecule has 0 atom stereocenters. The Bertz CT molecular complexity index is 498. The van der Waals surface area contributed by atoms with Crippen LogP contribution < -0.4 is 5.73 Å². The van der Waals surface area contributed by atoms with Gasteiger partial charge in [-0.15, -0.1) is 0 Å². The van der Waals surface area contributed by atoms with Crippen LogP contribution in [0.15, 0.2) is 24.3 Å². The number of nitrogens with two attached hydrogens (primary N) is 1. The molecule has 0 aliphatic rings. The van der Waals surface area contributed by atoms with Crippen molar-refractivity contribution in [2.75, 3.05) is 12.3 Å². The Labute approximate surface area is 116 Å². The minimum atomic E-state index is -3.20. The largest absolute Gasteiger partial charge is 0.326 e. The monoisotopic (exact) mass is 284 g/mol. The zero-order valence-electron chi connectivity index (χ0n) is 12.0. The van der Waals surface area contributed by atoms with E-state index in [4.69, 9.17) is 5.73 Å². The summed E-state index contributed by atoms with van der Waals surface area (Å²) in [5, 5.41) is 0. The summed E-state index contributed by atoms with van der Waals surface area (Å²) in [6.45, 7) is 7.01. The van der Waals surface area contributed by atoms with Crippen LogP contribution in [0.5, 0.6) is 0 Å². The van der Waals surface area contributed by atoms with Gasteiger partial charge in [-0.25, -0.2) is 8.42 Å². The average molecular weight is 284 g/mol. The van der Waals surface area contributed by atoms with Crippen molar-refractivity contribution in [1.29, 1.82) is 0 Å². The van der Waals surface area contributed by atoms with E-state index in [1.165, 1.54) is 4.31 Å². The highest BCUT2D eigenvalue weighted by Crippen LogP contribution is 2.15. The fraction of sp³-hybridized carbons (Fsp3) is 0.571. The lowest BCUT2D eigenvalue weighted by molar-refractivity contribution is 0.417. The van der Waals surface area contributed by atoms with Gasteiger partial charge in [-0.2, -0.15) is 4.31 Å². The molecule has 0 saturated heterocycles. The molecular weight excluding hydrogens is 260 g/mol. The van der Waals surface area contributed by atoms with Crippen molar-refractivity contribution in [2.45, 2.75) is 33.9 Å². The van der Waals surface area contributed by atoms with E-state index in [9.17, 15) is 8.42 Å². The van der Waals surface area contributed by atoms with Crippen LogP contribution in [0.4, 0.5) is 0 Å². The summed E-state index contributed by atoms with van der Waals surface area (Å²) in [4.78, 5) is 0. The Hall–Kier alpha value is -0.910. The summed E-state index contributed by atoms with van der Waals surface area (Å²) in [6, 6.07) is 7.72. The molecule has 0 aliphatic heterocycles. The van der Waals surface area contributed by atoms with Crippen LogP contribution in [0, 0.1) is 5.92 Å². The molecule has 0 saturated carbocycles. The zero-order valence-corrected chi connectivity index (χ0v) is 12.8. The fourth-order valence-corrected chi connectivity index (χ4v) is 3.82. The molecule has 0 fully saturated rings. The second-order valence-corrected chi connectivity index (χ2v) is 7.08. The highest BCUT2D eigenvalue weighted by Gasteiger charge is 2.22. The van der Waals surface area contributed by atoms with Gasteiger partial charge in [0, 0.05) is 19.6 Å². The molecule has 0 aromatic heterocycles. The number of rotatable bonds is 7. The van der Waals surface area contributed by atoms with Crippen LogP contribution in [0.25, 0.3) is 0 Å². The van der Waals surface area contributed by atoms with Crippen molar-refractivity contribution in [3.05, 3.63) is 35.4 Å². The molecule has 0 amide bonds. The van der Waals surface area contributed by atoms with Crippen LogP contribution in [-0.2, 0) is 23.1 Å². The van der Waals surface area contributed by atoms with Gasteiger partial charge in [-0.1, -0.05) is 45.0 Å². The second-order valence-electron chi connectivity index (χ2n) is 5.07. The van der Waals surface area contributed by atoms with E-state index in [2.05, 4.69) is 0 Å². The first kappa shape index (κ1) is 16.1. The Morgan fingerprint density at radius 2 is 1.79 bits per heavy atom. The van der Waals surface area contributed by atoms with E-state index in [-0.39, 0.29) is 11.7 Å². The summed E-state index contributed by atoms with van der Waals surface area (Å²) in [5.74, 6) is 0.315. The third-order valence-electron chi connectivity index (χ3n) is 2.98. The molecule has 0 heterocycles. The number of hydrogen-bond acceptors (Lipinski definition) is 3. The van der Waals surface area contributed by atoms with Gasteiger partial charge >= 0.3 is 0 Å². The van der Waals surface area contributed by atoms with Crippen molar-refractivity contribution in [3.63, 3.8) is 0 Å². The molecule has 0 radical (unpaired) electrons. The third-order valence-corrected chi connectivity index (χ3v) is 5.24. The van der Waals surface area contributed by atoms with Crippen molar-refractivity contribution in [1.82, 2.24) is 4.31 Å². The topological polar surface area (TPSA) is 63.4 Å². The molecule has 0 aliphatic carbocycles. The van der Waals surface area contributed by atoms with Crippen LogP contribution in [0.1, 0.15) is 31.9 Å². The van der Waals surface area contributed by atoms with Crippen LogP contribution in [0.3, 0.4) is 0 Å². The summed E-state index contributed by atoms with van der Waals surface area (Å²) < 4.78 is 26.1. The van der Waals surface area contributed by atoms with Gasteiger partial charge in [0.05, 0.1) is 5.75 Å². The fourth-order valence-electron chi connectivity index (χ4n) is 2.03. The Morgan fingerprint density at radius 1 is 1.21 bits per heavy atom. The lowest BCUT2D eigenvalue weighted by Crippen LogP contribution is -2.34. The first-order valence-electron chi connectivity index (χ1n) is 6.65. The standard InChI is InChI=1S/C14H24N2O2S/c1-4-16(19(17,18)11-12(2)3)10-14-8-6-5-7-13(14)9-15/h5-8,12H,4,9-11,15H2,1-3H3. The molecule has 4 nitrogen and oxygen atoms in total. The van der Waals surface area contributed by atoms with Gasteiger partial charge in [-0.05, 0) is 17.0 Å². The van der Waals surface area contributed by atoms with Gasteiger partial charge < -0.3 is 5.73 Å². The quantitative estimate of drug-likeness (QED) is 0.832. The van der Waals surface area contributed by atoms with Crippen molar-refractivity contribution < 1.29 is 8.42 Å². The number of nitrogens with zero attached hydrogens (tertiary/aromatic N) is 1. The first-order chi connectivity index (χ1) is 8.90. The van der Waals surface area contributed by atoms with E-state index in [1.807, 2.05) is 45.0 Å². The molecule has 1 aromatic carbocycles. The SMILES string of the molecule is CCN(Cc1ccccc1CN)S(=O)(=O)CC(C)C. The molecule has 0 unspecified atom stereocenters. The van der Waals surface area contributed by atoms with Crippen LogP contribution >= 0.6 is 0 Å². The van der Waals surface area contributed by atoms with Gasteiger partial charge in [0.15, 0.2) is 0 Å². The van der Waals surface area contributed by atoms with Gasteiger partial charge in [0.1, 0.15) is 0 Å². The highest BCUT2D eigenvalue weighted by molar-refractivity contribution is 7.89. The number of benzene rings is 1. The Kier molecular flexibility index (Phi) is 5.97. The second kappa shape index (κ2) is 7.03. The van der Waals surface area contributed by atoms with Gasteiger partial charge in [-0.3, -0.25) is 0 Å². The average Bonchev–Trinajstić information content (AvgIpc) is 2.34. The lowest BCUT2D eigenvalue weighted by atomic mass is 10.1. The maximum absolute atomic E-state index is 12.3. The molecule has 1 rings (SSSR count). The summed E-state index contributed by atoms with van der Waals surface area (Å²) in [7, 11) is -3.20. The molecule has 0 spiro atoms. The van der Waals surface area contributed by atoms with E-state index < -0.39 is 10.0 Å². The number of hydrogen-bond donors (Lipinski definition) is 1.